The van der Waals surface area contributed by atoms with E-state index in [9.17, 15) is 4.79 Å². The van der Waals surface area contributed by atoms with Crippen molar-refractivity contribution in [1.29, 1.82) is 0 Å². The molecule has 1 aliphatic rings. The Balaban J connectivity index is 1.80. The Morgan fingerprint density at radius 3 is 2.88 bits per heavy atom. The molecule has 2 heterocycles. The number of alkyl carbamates (subject to hydrolysis) is 1. The summed E-state index contributed by atoms with van der Waals surface area (Å²) in [4.78, 5) is 14.4. The fraction of sp³-hybridized carbons (Fsp3) is 0.556. The smallest absolute Gasteiger partial charge is 0.407 e. The van der Waals surface area contributed by atoms with Crippen LogP contribution in [0.3, 0.4) is 0 Å². The minimum absolute atomic E-state index is 0.0302. The van der Waals surface area contributed by atoms with E-state index in [4.69, 9.17) is 10.5 Å². The van der Waals surface area contributed by atoms with Crippen LogP contribution in [0.2, 0.25) is 0 Å². The Bertz CT molecular complexity index is 764. The van der Waals surface area contributed by atoms with Crippen LogP contribution in [0, 0.1) is 5.92 Å². The molecule has 4 N–H and O–H groups in total. The minimum atomic E-state index is -0.499. The van der Waals surface area contributed by atoms with Gasteiger partial charge in [-0.3, -0.25) is 5.10 Å². The average molecular weight is 345 g/mol. The second-order valence-electron chi connectivity index (χ2n) is 7.74. The van der Waals surface area contributed by atoms with Gasteiger partial charge in [0.2, 0.25) is 0 Å². The monoisotopic (exact) mass is 345 g/mol. The van der Waals surface area contributed by atoms with Gasteiger partial charge in [0, 0.05) is 25.0 Å². The second-order valence-corrected chi connectivity index (χ2v) is 7.74. The van der Waals surface area contributed by atoms with Crippen LogP contribution in [0.1, 0.15) is 33.3 Å². The number of fused-ring (bicyclic) bond motifs is 1. The molecule has 1 saturated heterocycles. The van der Waals surface area contributed by atoms with E-state index in [-0.39, 0.29) is 12.1 Å². The van der Waals surface area contributed by atoms with Crippen LogP contribution < -0.4 is 16.0 Å². The summed E-state index contributed by atoms with van der Waals surface area (Å²) in [6, 6.07) is 4.07. The van der Waals surface area contributed by atoms with Gasteiger partial charge in [0.25, 0.3) is 0 Å². The molecule has 25 heavy (non-hydrogen) atoms. The van der Waals surface area contributed by atoms with Crippen molar-refractivity contribution in [2.75, 3.05) is 18.0 Å². The van der Waals surface area contributed by atoms with Crippen LogP contribution in [-0.4, -0.2) is 41.0 Å². The number of nitrogens with zero attached hydrogens (tertiary/aromatic N) is 2. The highest BCUT2D eigenvalue weighted by Crippen LogP contribution is 2.33. The highest BCUT2D eigenvalue weighted by Gasteiger charge is 2.33. The van der Waals surface area contributed by atoms with E-state index in [0.717, 1.165) is 35.2 Å². The maximum atomic E-state index is 12.1. The Morgan fingerprint density at radius 1 is 1.44 bits per heavy atom. The predicted octanol–water partition coefficient (Wildman–Crippen LogP) is 2.37. The number of anilines is 1. The van der Waals surface area contributed by atoms with Gasteiger partial charge in [-0.15, -0.1) is 0 Å². The number of nitrogens with one attached hydrogen (secondary N) is 2. The van der Waals surface area contributed by atoms with Crippen LogP contribution in [0.25, 0.3) is 10.9 Å². The normalized spacial score (nSPS) is 20.9. The lowest BCUT2D eigenvalue weighted by Gasteiger charge is -2.24. The molecule has 136 valence electrons. The van der Waals surface area contributed by atoms with Gasteiger partial charge in [-0.25, -0.2) is 4.79 Å². The first-order chi connectivity index (χ1) is 11.8. The Hall–Kier alpha value is -2.28. The van der Waals surface area contributed by atoms with E-state index in [1.807, 2.05) is 39.1 Å². The fourth-order valence-electron chi connectivity index (χ4n) is 3.38. The van der Waals surface area contributed by atoms with E-state index in [2.05, 4.69) is 27.3 Å². The summed E-state index contributed by atoms with van der Waals surface area (Å²) in [5, 5.41) is 11.2. The lowest BCUT2D eigenvalue weighted by Crippen LogP contribution is -2.42. The van der Waals surface area contributed by atoms with E-state index in [0.29, 0.717) is 12.5 Å². The molecule has 1 aromatic carbocycles. The molecule has 3 rings (SSSR count). The highest BCUT2D eigenvalue weighted by atomic mass is 16.6. The van der Waals surface area contributed by atoms with E-state index >= 15 is 0 Å². The number of benzene rings is 1. The lowest BCUT2D eigenvalue weighted by molar-refractivity contribution is 0.0499. The SMILES string of the molecule is CC1CN(c2c(CN)ccc3[nH]ncc23)CC1NC(=O)OC(C)(C)C. The van der Waals surface area contributed by atoms with Gasteiger partial charge in [-0.1, -0.05) is 13.0 Å². The topological polar surface area (TPSA) is 96.3 Å². The number of hydrogen-bond donors (Lipinski definition) is 3. The number of rotatable bonds is 3. The van der Waals surface area contributed by atoms with Crippen molar-refractivity contribution >= 4 is 22.7 Å². The second kappa shape index (κ2) is 6.55. The van der Waals surface area contributed by atoms with E-state index < -0.39 is 5.60 Å². The average Bonchev–Trinajstić information content (AvgIpc) is 3.11. The van der Waals surface area contributed by atoms with Crippen molar-refractivity contribution in [3.8, 4) is 0 Å². The Kier molecular flexibility index (Phi) is 4.60. The third kappa shape index (κ3) is 3.71. The number of amides is 1. The van der Waals surface area contributed by atoms with Gasteiger partial charge in [0.1, 0.15) is 5.60 Å². The predicted molar refractivity (Wildman–Crippen MR) is 98.5 cm³/mol. The number of ether oxygens (including phenoxy) is 1. The zero-order valence-corrected chi connectivity index (χ0v) is 15.3. The van der Waals surface area contributed by atoms with Gasteiger partial charge >= 0.3 is 6.09 Å². The van der Waals surface area contributed by atoms with Gasteiger partial charge in [-0.2, -0.15) is 5.10 Å². The maximum absolute atomic E-state index is 12.1. The first kappa shape index (κ1) is 17.5. The molecule has 0 aliphatic carbocycles. The number of carbonyl (C=O) groups excluding carboxylic acids is 1. The molecule has 1 amide bonds. The molecule has 7 heteroatoms. The van der Waals surface area contributed by atoms with E-state index in [1.54, 1.807) is 0 Å². The van der Waals surface area contributed by atoms with Crippen LogP contribution in [0.15, 0.2) is 18.3 Å². The molecular weight excluding hydrogens is 318 g/mol. The van der Waals surface area contributed by atoms with Crippen molar-refractivity contribution in [2.24, 2.45) is 11.7 Å². The first-order valence-corrected chi connectivity index (χ1v) is 8.68. The molecular formula is C18H27N5O2. The summed E-state index contributed by atoms with van der Waals surface area (Å²) < 4.78 is 5.39. The van der Waals surface area contributed by atoms with Gasteiger partial charge in [0.05, 0.1) is 23.4 Å². The third-order valence-electron chi connectivity index (χ3n) is 4.53. The summed E-state index contributed by atoms with van der Waals surface area (Å²) in [7, 11) is 0. The molecule has 1 fully saturated rings. The molecule has 0 saturated carbocycles. The minimum Gasteiger partial charge on any atom is -0.444 e. The van der Waals surface area contributed by atoms with Gasteiger partial charge in [0.15, 0.2) is 0 Å². The molecule has 7 nitrogen and oxygen atoms in total. The molecule has 1 aromatic heterocycles. The fourth-order valence-corrected chi connectivity index (χ4v) is 3.38. The van der Waals surface area contributed by atoms with Crippen molar-refractivity contribution in [1.82, 2.24) is 15.5 Å². The Morgan fingerprint density at radius 2 is 2.20 bits per heavy atom. The van der Waals surface area contributed by atoms with Crippen LogP contribution in [0.4, 0.5) is 10.5 Å². The standard InChI is InChI=1S/C18H27N5O2/c1-11-9-23(10-15(11)21-17(24)25-18(2,3)4)16-12(7-19)5-6-14-13(16)8-20-22-14/h5-6,8,11,15H,7,9-10,19H2,1-4H3,(H,20,22)(H,21,24). The first-order valence-electron chi connectivity index (χ1n) is 8.68. The van der Waals surface area contributed by atoms with E-state index in [1.165, 1.54) is 0 Å². The molecule has 0 spiro atoms. The zero-order valence-electron chi connectivity index (χ0n) is 15.3. The quantitative estimate of drug-likeness (QED) is 0.794. The van der Waals surface area contributed by atoms with Gasteiger partial charge in [-0.05, 0) is 38.3 Å². The van der Waals surface area contributed by atoms with Gasteiger partial charge < -0.3 is 20.7 Å². The summed E-state index contributed by atoms with van der Waals surface area (Å²) in [5.41, 5.74) is 8.63. The van der Waals surface area contributed by atoms with Crippen LogP contribution in [0.5, 0.6) is 0 Å². The highest BCUT2D eigenvalue weighted by molar-refractivity contribution is 5.93. The molecule has 2 atom stereocenters. The van der Waals surface area contributed by atoms with Crippen molar-refractivity contribution in [3.63, 3.8) is 0 Å². The maximum Gasteiger partial charge on any atom is 0.407 e. The van der Waals surface area contributed by atoms with Crippen molar-refractivity contribution < 1.29 is 9.53 Å². The molecule has 2 unspecified atom stereocenters. The number of carbonyl (C=O) groups is 1. The third-order valence-corrected chi connectivity index (χ3v) is 4.53. The van der Waals surface area contributed by atoms with Crippen LogP contribution >= 0.6 is 0 Å². The Labute approximate surface area is 147 Å². The molecule has 0 radical (unpaired) electrons. The van der Waals surface area contributed by atoms with Crippen molar-refractivity contribution in [2.45, 2.75) is 45.9 Å². The lowest BCUT2D eigenvalue weighted by atomic mass is 10.1. The van der Waals surface area contributed by atoms with Crippen LogP contribution in [-0.2, 0) is 11.3 Å². The summed E-state index contributed by atoms with van der Waals surface area (Å²) in [5.74, 6) is 0.306. The molecule has 2 aromatic rings. The summed E-state index contributed by atoms with van der Waals surface area (Å²) in [6.45, 7) is 9.76. The number of aromatic nitrogens is 2. The number of H-pyrrole nitrogens is 1. The number of hydrogen-bond acceptors (Lipinski definition) is 5. The van der Waals surface area contributed by atoms with Crippen molar-refractivity contribution in [3.05, 3.63) is 23.9 Å². The summed E-state index contributed by atoms with van der Waals surface area (Å²) >= 11 is 0. The zero-order chi connectivity index (χ0) is 18.2. The molecule has 0 bridgehead atoms. The number of aromatic amines is 1. The molecule has 1 aliphatic heterocycles. The summed E-state index contributed by atoms with van der Waals surface area (Å²) in [6.07, 6.45) is 1.47. The largest absolute Gasteiger partial charge is 0.444 e. The number of nitrogens with two attached hydrogens (primary N) is 1.